The highest BCUT2D eigenvalue weighted by atomic mass is 35.5. The van der Waals surface area contributed by atoms with Crippen molar-refractivity contribution in [3.05, 3.63) is 55.4 Å². The summed E-state index contributed by atoms with van der Waals surface area (Å²) in [7, 11) is 0. The van der Waals surface area contributed by atoms with Gasteiger partial charge in [-0.1, -0.05) is 29.3 Å². The van der Waals surface area contributed by atoms with Crippen LogP contribution in [0.1, 0.15) is 39.2 Å². The second-order valence-corrected chi connectivity index (χ2v) is 8.00. The first kappa shape index (κ1) is 19.4. The summed E-state index contributed by atoms with van der Waals surface area (Å²) in [6, 6.07) is 6.67. The standard InChI is InChI=1S/C19H15Cl2N3O2S/c20-13-6-5-10(8-14(13)21)7-11(9-22)18(26)24-19-16(17(23)25)12-3-1-2-4-15(12)27-19/h5-8H,1-4H2,(H2,23,25)(H,24,26). The molecule has 1 aromatic carbocycles. The SMILES string of the molecule is N#CC(=Cc1ccc(Cl)c(Cl)c1)C(=O)Nc1sc2c(c1C(N)=O)CCCC2. The summed E-state index contributed by atoms with van der Waals surface area (Å²) < 4.78 is 0. The molecule has 8 heteroatoms. The van der Waals surface area contributed by atoms with Crippen molar-refractivity contribution in [1.82, 2.24) is 0 Å². The van der Waals surface area contributed by atoms with E-state index in [1.54, 1.807) is 18.2 Å². The molecule has 1 heterocycles. The zero-order valence-electron chi connectivity index (χ0n) is 14.1. The van der Waals surface area contributed by atoms with Crippen LogP contribution in [0.4, 0.5) is 5.00 Å². The monoisotopic (exact) mass is 419 g/mol. The Morgan fingerprint density at radius 3 is 2.63 bits per heavy atom. The number of hydrogen-bond donors (Lipinski definition) is 2. The Labute approximate surface area is 170 Å². The summed E-state index contributed by atoms with van der Waals surface area (Å²) in [4.78, 5) is 25.6. The molecule has 3 rings (SSSR count). The van der Waals surface area contributed by atoms with E-state index in [0.717, 1.165) is 36.1 Å². The molecule has 138 valence electrons. The lowest BCUT2D eigenvalue weighted by molar-refractivity contribution is -0.112. The van der Waals surface area contributed by atoms with Gasteiger partial charge < -0.3 is 11.1 Å². The van der Waals surface area contributed by atoms with E-state index in [2.05, 4.69) is 5.32 Å². The molecule has 0 aliphatic heterocycles. The molecule has 27 heavy (non-hydrogen) atoms. The van der Waals surface area contributed by atoms with Crippen LogP contribution in [-0.2, 0) is 17.6 Å². The highest BCUT2D eigenvalue weighted by molar-refractivity contribution is 7.17. The van der Waals surface area contributed by atoms with E-state index in [1.807, 2.05) is 6.07 Å². The summed E-state index contributed by atoms with van der Waals surface area (Å²) in [6.07, 6.45) is 5.07. The molecule has 0 saturated carbocycles. The summed E-state index contributed by atoms with van der Waals surface area (Å²) in [5.74, 6) is -1.18. The lowest BCUT2D eigenvalue weighted by atomic mass is 9.95. The lowest BCUT2D eigenvalue weighted by Gasteiger charge is -2.11. The van der Waals surface area contributed by atoms with Crippen molar-refractivity contribution in [2.45, 2.75) is 25.7 Å². The molecule has 0 fully saturated rings. The molecule has 1 aliphatic rings. The number of carbonyl (C=O) groups excluding carboxylic acids is 2. The third kappa shape index (κ3) is 4.16. The van der Waals surface area contributed by atoms with Crippen LogP contribution in [0.5, 0.6) is 0 Å². The van der Waals surface area contributed by atoms with Gasteiger partial charge in [0.2, 0.25) is 0 Å². The van der Waals surface area contributed by atoms with Crippen LogP contribution in [0.25, 0.3) is 6.08 Å². The van der Waals surface area contributed by atoms with E-state index in [-0.39, 0.29) is 5.57 Å². The van der Waals surface area contributed by atoms with E-state index in [9.17, 15) is 14.9 Å². The maximum atomic E-state index is 12.6. The number of thiophene rings is 1. The number of rotatable bonds is 4. The van der Waals surface area contributed by atoms with Crippen molar-refractivity contribution in [1.29, 1.82) is 5.26 Å². The van der Waals surface area contributed by atoms with Gasteiger partial charge in [0.15, 0.2) is 0 Å². The zero-order valence-corrected chi connectivity index (χ0v) is 16.5. The van der Waals surface area contributed by atoms with Crippen LogP contribution in [0.3, 0.4) is 0 Å². The third-order valence-electron chi connectivity index (χ3n) is 4.26. The predicted octanol–water partition coefficient (Wildman–Crippen LogP) is 4.58. The van der Waals surface area contributed by atoms with Gasteiger partial charge in [-0.2, -0.15) is 5.26 Å². The highest BCUT2D eigenvalue weighted by Crippen LogP contribution is 2.38. The number of fused-ring (bicyclic) bond motifs is 1. The van der Waals surface area contributed by atoms with Gasteiger partial charge >= 0.3 is 0 Å². The number of hydrogen-bond acceptors (Lipinski definition) is 4. The Balaban J connectivity index is 1.90. The van der Waals surface area contributed by atoms with Crippen LogP contribution < -0.4 is 11.1 Å². The predicted molar refractivity (Wildman–Crippen MR) is 108 cm³/mol. The van der Waals surface area contributed by atoms with E-state index in [4.69, 9.17) is 28.9 Å². The molecule has 1 aliphatic carbocycles. The number of amides is 2. The number of halogens is 2. The van der Waals surface area contributed by atoms with Crippen LogP contribution in [0.2, 0.25) is 10.0 Å². The molecule has 2 aromatic rings. The van der Waals surface area contributed by atoms with Gasteiger partial charge in [0.05, 0.1) is 15.6 Å². The van der Waals surface area contributed by atoms with Gasteiger partial charge in [-0.3, -0.25) is 9.59 Å². The molecular formula is C19H15Cl2N3O2S. The Bertz CT molecular complexity index is 1010. The molecule has 2 amide bonds. The van der Waals surface area contributed by atoms with Gasteiger partial charge in [0.1, 0.15) is 16.6 Å². The van der Waals surface area contributed by atoms with E-state index < -0.39 is 11.8 Å². The van der Waals surface area contributed by atoms with E-state index in [1.165, 1.54) is 17.4 Å². The average molecular weight is 420 g/mol. The van der Waals surface area contributed by atoms with Crippen LogP contribution in [-0.4, -0.2) is 11.8 Å². The Kier molecular flexibility index (Phi) is 5.85. The third-order valence-corrected chi connectivity index (χ3v) is 6.21. The molecule has 0 radical (unpaired) electrons. The molecule has 0 saturated heterocycles. The molecule has 0 unspecified atom stereocenters. The zero-order chi connectivity index (χ0) is 19.6. The van der Waals surface area contributed by atoms with Crippen molar-refractivity contribution < 1.29 is 9.59 Å². The summed E-state index contributed by atoms with van der Waals surface area (Å²) in [5.41, 5.74) is 7.26. The van der Waals surface area contributed by atoms with Gasteiger partial charge in [-0.15, -0.1) is 11.3 Å². The second-order valence-electron chi connectivity index (χ2n) is 6.08. The topological polar surface area (TPSA) is 96.0 Å². The number of nitrogens with two attached hydrogens (primary N) is 1. The van der Waals surface area contributed by atoms with E-state index in [0.29, 0.717) is 26.2 Å². The Morgan fingerprint density at radius 2 is 1.96 bits per heavy atom. The molecule has 1 aromatic heterocycles. The van der Waals surface area contributed by atoms with Crippen molar-refractivity contribution in [2.75, 3.05) is 5.32 Å². The van der Waals surface area contributed by atoms with Crippen molar-refractivity contribution in [3.63, 3.8) is 0 Å². The summed E-state index contributed by atoms with van der Waals surface area (Å²) in [6.45, 7) is 0. The Hall–Kier alpha value is -2.33. The van der Waals surface area contributed by atoms with Gasteiger partial charge in [-0.05, 0) is 55.0 Å². The molecule has 3 N–H and O–H groups in total. The minimum Gasteiger partial charge on any atom is -0.365 e. The van der Waals surface area contributed by atoms with Crippen LogP contribution in [0, 0.1) is 11.3 Å². The van der Waals surface area contributed by atoms with Gasteiger partial charge in [0.25, 0.3) is 11.8 Å². The number of nitriles is 1. The van der Waals surface area contributed by atoms with Crippen molar-refractivity contribution in [2.24, 2.45) is 5.73 Å². The molecule has 0 spiro atoms. The second kappa shape index (κ2) is 8.13. The normalized spacial score (nSPS) is 13.6. The number of benzene rings is 1. The number of nitrogens with one attached hydrogen (secondary N) is 1. The first-order chi connectivity index (χ1) is 12.9. The lowest BCUT2D eigenvalue weighted by Crippen LogP contribution is -2.19. The quantitative estimate of drug-likeness (QED) is 0.560. The number of nitrogens with zero attached hydrogens (tertiary/aromatic N) is 1. The fraction of sp³-hybridized carbons (Fsp3) is 0.211. The molecule has 0 bridgehead atoms. The maximum absolute atomic E-state index is 12.6. The first-order valence-corrected chi connectivity index (χ1v) is 9.80. The maximum Gasteiger partial charge on any atom is 0.266 e. The summed E-state index contributed by atoms with van der Waals surface area (Å²) in [5, 5.41) is 13.2. The molecule has 0 atom stereocenters. The number of anilines is 1. The van der Waals surface area contributed by atoms with Crippen molar-refractivity contribution in [3.8, 4) is 6.07 Å². The largest absolute Gasteiger partial charge is 0.365 e. The first-order valence-electron chi connectivity index (χ1n) is 8.23. The molecular weight excluding hydrogens is 405 g/mol. The number of primary amides is 1. The fourth-order valence-electron chi connectivity index (χ4n) is 3.00. The van der Waals surface area contributed by atoms with Crippen LogP contribution >= 0.6 is 34.5 Å². The number of carbonyl (C=O) groups is 2. The Morgan fingerprint density at radius 1 is 1.22 bits per heavy atom. The molecule has 5 nitrogen and oxygen atoms in total. The fourth-order valence-corrected chi connectivity index (χ4v) is 4.60. The minimum atomic E-state index is -0.607. The number of aryl methyl sites for hydroxylation is 1. The van der Waals surface area contributed by atoms with Gasteiger partial charge in [0, 0.05) is 4.88 Å². The summed E-state index contributed by atoms with van der Waals surface area (Å²) >= 11 is 13.2. The van der Waals surface area contributed by atoms with Crippen LogP contribution in [0.15, 0.2) is 23.8 Å². The van der Waals surface area contributed by atoms with Crippen molar-refractivity contribution >= 4 is 57.4 Å². The van der Waals surface area contributed by atoms with E-state index >= 15 is 0 Å². The highest BCUT2D eigenvalue weighted by Gasteiger charge is 2.25. The average Bonchev–Trinajstić information content (AvgIpc) is 3.00. The van der Waals surface area contributed by atoms with Gasteiger partial charge in [-0.25, -0.2) is 0 Å². The smallest absolute Gasteiger partial charge is 0.266 e. The minimum absolute atomic E-state index is 0.116.